The van der Waals surface area contributed by atoms with Crippen molar-refractivity contribution in [1.29, 1.82) is 0 Å². The fraction of sp³-hybridized carbons (Fsp3) is 0.176. The number of halogens is 1. The van der Waals surface area contributed by atoms with E-state index in [1.165, 1.54) is 22.6 Å². The molecule has 42 heavy (non-hydrogen) atoms. The highest BCUT2D eigenvalue weighted by molar-refractivity contribution is 7.10. The van der Waals surface area contributed by atoms with Crippen LogP contribution in [0.3, 0.4) is 0 Å². The lowest BCUT2D eigenvalue weighted by Gasteiger charge is -2.15. The number of carbonyl (C=O) groups is 1. The Morgan fingerprint density at radius 3 is 2.38 bits per heavy atom. The molecule has 0 radical (unpaired) electrons. The van der Waals surface area contributed by atoms with Crippen LogP contribution in [-0.4, -0.2) is 22.2 Å². The van der Waals surface area contributed by atoms with E-state index in [0.29, 0.717) is 12.2 Å². The zero-order valence-corrected chi connectivity index (χ0v) is 24.6. The van der Waals surface area contributed by atoms with Gasteiger partial charge in [0.15, 0.2) is 0 Å². The van der Waals surface area contributed by atoms with Gasteiger partial charge in [0, 0.05) is 9.90 Å². The number of nitrogens with zero attached hydrogens (tertiary/aromatic N) is 2. The number of aromatic nitrogens is 2. The summed E-state index contributed by atoms with van der Waals surface area (Å²) in [5.41, 5.74) is 2.79. The van der Waals surface area contributed by atoms with Gasteiger partial charge in [0.25, 0.3) is 0 Å². The summed E-state index contributed by atoms with van der Waals surface area (Å²) in [5, 5.41) is 21.9. The Hall–Kier alpha value is -4.01. The number of allylic oxidation sites excluding steroid dienone is 1. The second-order valence-electron chi connectivity index (χ2n) is 9.50. The fourth-order valence-electron chi connectivity index (χ4n) is 4.17. The number of thiophene rings is 1. The average Bonchev–Trinajstić information content (AvgIpc) is 3.71. The second kappa shape index (κ2) is 16.4. The van der Waals surface area contributed by atoms with Crippen molar-refractivity contribution in [2.24, 2.45) is 0 Å². The van der Waals surface area contributed by atoms with E-state index < -0.39 is 12.1 Å². The lowest BCUT2D eigenvalue weighted by molar-refractivity contribution is -0.686. The number of ether oxygens (including phenoxy) is 1. The summed E-state index contributed by atoms with van der Waals surface area (Å²) in [6, 6.07) is 30.7. The molecule has 0 aliphatic heterocycles. The predicted molar refractivity (Wildman–Crippen MR) is 165 cm³/mol. The van der Waals surface area contributed by atoms with E-state index in [9.17, 15) is 9.90 Å². The Morgan fingerprint density at radius 1 is 1.00 bits per heavy atom. The van der Waals surface area contributed by atoms with Crippen LogP contribution in [-0.2, 0) is 29.0 Å². The van der Waals surface area contributed by atoms with Gasteiger partial charge in [-0.25, -0.2) is 9.13 Å². The third kappa shape index (κ3) is 10.1. The maximum absolute atomic E-state index is 10.1. The van der Waals surface area contributed by atoms with Crippen LogP contribution in [0.5, 0.6) is 0 Å². The normalized spacial score (nSPS) is 12.4. The quantitative estimate of drug-likeness (QED) is 0.187. The molecule has 2 aromatic heterocycles. The van der Waals surface area contributed by atoms with Gasteiger partial charge in [-0.2, -0.15) is 0 Å². The number of aliphatic hydroxyl groups is 1. The van der Waals surface area contributed by atoms with E-state index in [1.54, 1.807) is 29.5 Å². The first-order valence-electron chi connectivity index (χ1n) is 13.6. The lowest BCUT2D eigenvalue weighted by atomic mass is 10.1. The highest BCUT2D eigenvalue weighted by Gasteiger charge is 2.17. The van der Waals surface area contributed by atoms with Gasteiger partial charge in [-0.1, -0.05) is 96.5 Å². The van der Waals surface area contributed by atoms with Crippen molar-refractivity contribution in [2.75, 3.05) is 6.61 Å². The topological polar surface area (TPSA) is 78.4 Å². The maximum Gasteiger partial charge on any atom is 0.244 e. The number of benzene rings is 3. The van der Waals surface area contributed by atoms with Crippen LogP contribution in [0.25, 0.3) is 6.08 Å². The first kappa shape index (κ1) is 30.9. The number of hydrogen-bond acceptors (Lipinski definition) is 5. The smallest absolute Gasteiger partial charge is 0.244 e. The molecule has 216 valence electrons. The molecular formula is C34H33ClN2O4S. The van der Waals surface area contributed by atoms with Gasteiger partial charge in [-0.05, 0) is 52.8 Å². The van der Waals surface area contributed by atoms with Crippen molar-refractivity contribution in [3.05, 3.63) is 154 Å². The van der Waals surface area contributed by atoms with Crippen molar-refractivity contribution < 1.29 is 24.3 Å². The Balaban J connectivity index is 0.000000310. The maximum atomic E-state index is 10.1. The minimum atomic E-state index is -1.52. The van der Waals surface area contributed by atoms with Gasteiger partial charge in [0.1, 0.15) is 37.7 Å². The summed E-state index contributed by atoms with van der Waals surface area (Å²) >= 11 is 7.70. The molecule has 0 bridgehead atoms. The van der Waals surface area contributed by atoms with Crippen molar-refractivity contribution in [3.63, 3.8) is 0 Å². The molecule has 2 unspecified atom stereocenters. The van der Waals surface area contributed by atoms with Crippen LogP contribution >= 0.6 is 22.9 Å². The molecule has 0 amide bonds. The third-order valence-electron chi connectivity index (χ3n) is 6.37. The van der Waals surface area contributed by atoms with E-state index in [2.05, 4.69) is 81.8 Å². The third-order valence-corrected chi connectivity index (χ3v) is 7.59. The number of hydrogen-bond donors (Lipinski definition) is 1. The fourth-order valence-corrected chi connectivity index (χ4v) is 5.06. The van der Waals surface area contributed by atoms with Gasteiger partial charge in [-0.15, -0.1) is 11.3 Å². The summed E-state index contributed by atoms with van der Waals surface area (Å²) in [6.07, 6.45) is 10.1. The number of aliphatic carboxylic acids is 1. The number of aliphatic hydroxyl groups excluding tert-OH is 1. The Bertz CT molecular complexity index is 1500. The van der Waals surface area contributed by atoms with Gasteiger partial charge in [-0.3, -0.25) is 0 Å². The van der Waals surface area contributed by atoms with Crippen LogP contribution in [0.4, 0.5) is 0 Å². The van der Waals surface area contributed by atoms with Crippen molar-refractivity contribution >= 4 is 35.0 Å². The van der Waals surface area contributed by atoms with E-state index in [-0.39, 0.29) is 6.10 Å². The molecule has 0 aliphatic carbocycles. The number of carboxylic acids is 1. The molecule has 0 saturated carbocycles. The molecule has 0 aliphatic rings. The van der Waals surface area contributed by atoms with Gasteiger partial charge >= 0.3 is 0 Å². The SMILES string of the molecule is Clc1ccc(C=CC[n+]2ccn(CC(OCCc3ccccc3)c3cccs3)c2)cc1.O=C([O-])C(O)c1ccccc1. The molecule has 2 atom stereocenters. The summed E-state index contributed by atoms with van der Waals surface area (Å²) < 4.78 is 10.7. The van der Waals surface area contributed by atoms with Gasteiger partial charge in [0.2, 0.25) is 6.33 Å². The summed E-state index contributed by atoms with van der Waals surface area (Å²) in [4.78, 5) is 11.4. The summed E-state index contributed by atoms with van der Waals surface area (Å²) in [6.45, 7) is 2.31. The monoisotopic (exact) mass is 600 g/mol. The zero-order chi connectivity index (χ0) is 29.6. The minimum Gasteiger partial charge on any atom is -0.547 e. The van der Waals surface area contributed by atoms with E-state index in [1.807, 2.05) is 30.3 Å². The summed E-state index contributed by atoms with van der Waals surface area (Å²) in [7, 11) is 0. The van der Waals surface area contributed by atoms with E-state index >= 15 is 0 Å². The molecule has 2 heterocycles. The minimum absolute atomic E-state index is 0.0502. The molecule has 5 aromatic rings. The summed E-state index contributed by atoms with van der Waals surface area (Å²) in [5.74, 6) is -1.48. The number of rotatable bonds is 12. The van der Waals surface area contributed by atoms with Crippen molar-refractivity contribution in [3.8, 4) is 0 Å². The van der Waals surface area contributed by atoms with Gasteiger partial charge in [0.05, 0.1) is 12.6 Å². The molecule has 0 saturated heterocycles. The molecule has 6 nitrogen and oxygen atoms in total. The molecule has 1 N–H and O–H groups in total. The van der Waals surface area contributed by atoms with Crippen molar-refractivity contribution in [1.82, 2.24) is 4.57 Å². The van der Waals surface area contributed by atoms with Crippen LogP contribution < -0.4 is 9.67 Å². The zero-order valence-electron chi connectivity index (χ0n) is 23.0. The van der Waals surface area contributed by atoms with Crippen molar-refractivity contribution in [2.45, 2.75) is 31.7 Å². The second-order valence-corrected chi connectivity index (χ2v) is 10.9. The molecule has 5 rings (SSSR count). The largest absolute Gasteiger partial charge is 0.547 e. The Labute approximate surface area is 255 Å². The number of imidazole rings is 1. The van der Waals surface area contributed by atoms with Crippen LogP contribution in [0.15, 0.2) is 127 Å². The van der Waals surface area contributed by atoms with Crippen LogP contribution in [0.1, 0.15) is 33.8 Å². The molecule has 0 fully saturated rings. The molecule has 3 aromatic carbocycles. The molecule has 0 spiro atoms. The highest BCUT2D eigenvalue weighted by atomic mass is 35.5. The first-order chi connectivity index (χ1) is 20.5. The standard InChI is InChI=1S/C26H26ClN2OS.C8H8O3/c27-24-12-10-23(11-13-24)8-4-15-28-16-17-29(21-28)20-25(26-9-5-19-31-26)30-18-14-22-6-2-1-3-7-22;9-7(8(10)11)6-4-2-1-3-5-6/h1-13,16-17,19,21,25H,14-15,18,20H2;1-5,7,9H,(H,10,11)/q+1;/p-1. The lowest BCUT2D eigenvalue weighted by Crippen LogP contribution is -2.30. The van der Waals surface area contributed by atoms with E-state index in [4.69, 9.17) is 21.4 Å². The van der Waals surface area contributed by atoms with Gasteiger partial charge < -0.3 is 19.7 Å². The van der Waals surface area contributed by atoms with E-state index in [0.717, 1.165) is 30.1 Å². The van der Waals surface area contributed by atoms with Crippen LogP contribution in [0, 0.1) is 0 Å². The first-order valence-corrected chi connectivity index (χ1v) is 14.8. The van der Waals surface area contributed by atoms with Crippen LogP contribution in [0.2, 0.25) is 5.02 Å². The highest BCUT2D eigenvalue weighted by Crippen LogP contribution is 2.24. The number of carboxylic acid groups (broad SMARTS) is 1. The number of carbonyl (C=O) groups excluding carboxylic acids is 1. The average molecular weight is 601 g/mol. The Kier molecular flexibility index (Phi) is 12.1. The molecular weight excluding hydrogens is 568 g/mol. The predicted octanol–water partition coefficient (Wildman–Crippen LogP) is 5.67. The Morgan fingerprint density at radius 2 is 1.71 bits per heavy atom. The molecule has 8 heteroatoms.